The standard InChI is InChI=1S/C23H16Cl3N5S/c1-2-16-19(21-28-29-22(32-21)23(12-27)9-10-23)30-31(18-8-7-15(25)11-17(18)26)20(16)13-3-5-14(24)6-4-13/h3-8,11H,2,9-10H2,1H3. The van der Waals surface area contributed by atoms with E-state index in [2.05, 4.69) is 23.2 Å². The van der Waals surface area contributed by atoms with Crippen LogP contribution in [-0.2, 0) is 11.8 Å². The Balaban J connectivity index is 1.74. The van der Waals surface area contributed by atoms with Crippen LogP contribution in [0.15, 0.2) is 42.5 Å². The van der Waals surface area contributed by atoms with Gasteiger partial charge in [0.1, 0.15) is 16.1 Å². The molecule has 1 fully saturated rings. The number of nitriles is 1. The molecular formula is C23H16Cl3N5S. The lowest BCUT2D eigenvalue weighted by Gasteiger charge is -2.11. The molecule has 0 atom stereocenters. The molecule has 0 saturated heterocycles. The van der Waals surface area contributed by atoms with E-state index in [4.69, 9.17) is 39.9 Å². The van der Waals surface area contributed by atoms with Crippen LogP contribution in [0.4, 0.5) is 0 Å². The molecule has 0 unspecified atom stereocenters. The molecule has 1 saturated carbocycles. The number of hydrogen-bond acceptors (Lipinski definition) is 5. The highest BCUT2D eigenvalue weighted by Crippen LogP contribution is 2.49. The lowest BCUT2D eigenvalue weighted by Crippen LogP contribution is -2.01. The molecule has 5 nitrogen and oxygen atoms in total. The highest BCUT2D eigenvalue weighted by atomic mass is 35.5. The second kappa shape index (κ2) is 8.17. The molecule has 0 aliphatic heterocycles. The lowest BCUT2D eigenvalue weighted by molar-refractivity contribution is 0.851. The van der Waals surface area contributed by atoms with Crippen molar-refractivity contribution in [1.29, 1.82) is 5.26 Å². The van der Waals surface area contributed by atoms with E-state index in [1.165, 1.54) is 11.3 Å². The van der Waals surface area contributed by atoms with Crippen LogP contribution < -0.4 is 0 Å². The van der Waals surface area contributed by atoms with Gasteiger partial charge < -0.3 is 0 Å². The summed E-state index contributed by atoms with van der Waals surface area (Å²) >= 11 is 20.3. The molecule has 2 heterocycles. The van der Waals surface area contributed by atoms with Gasteiger partial charge in [-0.3, -0.25) is 0 Å². The van der Waals surface area contributed by atoms with E-state index < -0.39 is 5.41 Å². The van der Waals surface area contributed by atoms with Gasteiger partial charge in [0.2, 0.25) is 0 Å². The molecule has 1 aliphatic rings. The van der Waals surface area contributed by atoms with Crippen molar-refractivity contribution in [2.24, 2.45) is 0 Å². The van der Waals surface area contributed by atoms with Crippen LogP contribution in [0.3, 0.4) is 0 Å². The zero-order valence-corrected chi connectivity index (χ0v) is 20.0. The third kappa shape index (κ3) is 3.60. The third-order valence-electron chi connectivity index (χ3n) is 5.59. The number of hydrogen-bond donors (Lipinski definition) is 0. The molecule has 0 bridgehead atoms. The number of benzene rings is 2. The van der Waals surface area contributed by atoms with Crippen molar-refractivity contribution in [2.45, 2.75) is 31.6 Å². The molecule has 0 N–H and O–H groups in total. The predicted octanol–water partition coefficient (Wildman–Crippen LogP) is 7.14. The topological polar surface area (TPSA) is 67.4 Å². The summed E-state index contributed by atoms with van der Waals surface area (Å²) in [4.78, 5) is 0. The maximum atomic E-state index is 9.54. The first-order valence-electron chi connectivity index (χ1n) is 10.0. The number of nitrogens with zero attached hydrogens (tertiary/aromatic N) is 5. The smallest absolute Gasteiger partial charge is 0.168 e. The summed E-state index contributed by atoms with van der Waals surface area (Å²) in [6, 6.07) is 15.3. The molecule has 0 spiro atoms. The van der Waals surface area contributed by atoms with Crippen molar-refractivity contribution in [3.05, 3.63) is 68.1 Å². The first-order valence-corrected chi connectivity index (χ1v) is 12.0. The van der Waals surface area contributed by atoms with Gasteiger partial charge in [0.05, 0.1) is 22.5 Å². The zero-order valence-electron chi connectivity index (χ0n) is 16.9. The normalized spacial score (nSPS) is 14.3. The summed E-state index contributed by atoms with van der Waals surface area (Å²) in [5, 5.41) is 26.4. The van der Waals surface area contributed by atoms with Crippen LogP contribution in [0, 0.1) is 11.3 Å². The molecule has 2 aromatic carbocycles. The second-order valence-corrected chi connectivity index (χ2v) is 9.91. The maximum absolute atomic E-state index is 9.54. The molecule has 0 radical (unpaired) electrons. The molecule has 9 heteroatoms. The van der Waals surface area contributed by atoms with Gasteiger partial charge in [0.15, 0.2) is 5.01 Å². The maximum Gasteiger partial charge on any atom is 0.168 e. The first kappa shape index (κ1) is 21.4. The minimum atomic E-state index is -0.483. The Morgan fingerprint density at radius 1 is 1.06 bits per heavy atom. The predicted molar refractivity (Wildman–Crippen MR) is 129 cm³/mol. The number of rotatable bonds is 5. The number of halogens is 3. The third-order valence-corrected chi connectivity index (χ3v) is 7.52. The molecule has 5 rings (SSSR count). The van der Waals surface area contributed by atoms with Gasteiger partial charge in [-0.25, -0.2) is 4.68 Å². The Labute approximate surface area is 204 Å². The summed E-state index contributed by atoms with van der Waals surface area (Å²) in [6.45, 7) is 2.08. The van der Waals surface area contributed by atoms with Gasteiger partial charge in [0, 0.05) is 21.2 Å². The molecule has 0 amide bonds. The van der Waals surface area contributed by atoms with Gasteiger partial charge in [-0.2, -0.15) is 10.4 Å². The summed E-state index contributed by atoms with van der Waals surface area (Å²) < 4.78 is 1.83. The SMILES string of the molecule is CCc1c(-c2nnc(C3(C#N)CC3)s2)nn(-c2ccc(Cl)cc2Cl)c1-c1ccc(Cl)cc1. The van der Waals surface area contributed by atoms with Gasteiger partial charge in [-0.15, -0.1) is 10.2 Å². The Hall–Kier alpha value is -2.43. The Morgan fingerprint density at radius 2 is 1.78 bits per heavy atom. The summed E-state index contributed by atoms with van der Waals surface area (Å²) in [5.74, 6) is 0. The molecule has 4 aromatic rings. The second-order valence-electron chi connectivity index (χ2n) is 7.65. The number of aromatic nitrogens is 4. The summed E-state index contributed by atoms with van der Waals surface area (Å²) in [7, 11) is 0. The van der Waals surface area contributed by atoms with Crippen molar-refractivity contribution in [2.75, 3.05) is 0 Å². The van der Waals surface area contributed by atoms with Crippen molar-refractivity contribution >= 4 is 46.1 Å². The van der Waals surface area contributed by atoms with E-state index in [9.17, 15) is 5.26 Å². The monoisotopic (exact) mass is 499 g/mol. The highest BCUT2D eigenvalue weighted by molar-refractivity contribution is 7.14. The average molecular weight is 501 g/mol. The van der Waals surface area contributed by atoms with Crippen LogP contribution in [0.2, 0.25) is 15.1 Å². The van der Waals surface area contributed by atoms with Crippen LogP contribution in [0.5, 0.6) is 0 Å². The van der Waals surface area contributed by atoms with E-state index in [-0.39, 0.29) is 0 Å². The Kier molecular flexibility index (Phi) is 5.47. The summed E-state index contributed by atoms with van der Waals surface area (Å²) in [5.41, 5.74) is 3.84. The quantitative estimate of drug-likeness (QED) is 0.292. The zero-order chi connectivity index (χ0) is 22.5. The van der Waals surface area contributed by atoms with E-state index in [1.807, 2.05) is 35.0 Å². The molecule has 1 aliphatic carbocycles. The van der Waals surface area contributed by atoms with Crippen LogP contribution >= 0.6 is 46.1 Å². The fourth-order valence-corrected chi connectivity index (χ4v) is 5.37. The van der Waals surface area contributed by atoms with E-state index in [0.29, 0.717) is 25.8 Å². The average Bonchev–Trinajstić information content (AvgIpc) is 3.26. The van der Waals surface area contributed by atoms with Crippen LogP contribution in [0.25, 0.3) is 27.6 Å². The van der Waals surface area contributed by atoms with Crippen molar-refractivity contribution in [3.8, 4) is 33.7 Å². The molecular weight excluding hydrogens is 485 g/mol. The minimum absolute atomic E-state index is 0.483. The van der Waals surface area contributed by atoms with Crippen molar-refractivity contribution in [1.82, 2.24) is 20.0 Å². The van der Waals surface area contributed by atoms with E-state index in [0.717, 1.165) is 46.8 Å². The van der Waals surface area contributed by atoms with E-state index >= 15 is 0 Å². The van der Waals surface area contributed by atoms with Gasteiger partial charge in [-0.05, 0) is 49.6 Å². The first-order chi connectivity index (χ1) is 15.5. The fraction of sp³-hybridized carbons (Fsp3) is 0.217. The largest absolute Gasteiger partial charge is 0.231 e. The molecule has 2 aromatic heterocycles. The highest BCUT2D eigenvalue weighted by Gasteiger charge is 2.48. The van der Waals surface area contributed by atoms with Crippen molar-refractivity contribution in [3.63, 3.8) is 0 Å². The van der Waals surface area contributed by atoms with E-state index in [1.54, 1.807) is 12.1 Å². The van der Waals surface area contributed by atoms with Gasteiger partial charge in [-0.1, -0.05) is 65.2 Å². The van der Waals surface area contributed by atoms with Gasteiger partial charge in [0.25, 0.3) is 0 Å². The molecule has 160 valence electrons. The van der Waals surface area contributed by atoms with Gasteiger partial charge >= 0.3 is 0 Å². The lowest BCUT2D eigenvalue weighted by atomic mass is 10.0. The minimum Gasteiger partial charge on any atom is -0.231 e. The van der Waals surface area contributed by atoms with Crippen molar-refractivity contribution < 1.29 is 0 Å². The molecule has 32 heavy (non-hydrogen) atoms. The summed E-state index contributed by atoms with van der Waals surface area (Å²) in [6.07, 6.45) is 2.37. The van der Waals surface area contributed by atoms with Crippen LogP contribution in [0.1, 0.15) is 30.3 Å². The Bertz CT molecular complexity index is 1360. The fourth-order valence-electron chi connectivity index (χ4n) is 3.70. The Morgan fingerprint density at radius 3 is 2.41 bits per heavy atom. The van der Waals surface area contributed by atoms with Crippen LogP contribution in [-0.4, -0.2) is 20.0 Å².